The molecule has 1 fully saturated rings. The van der Waals surface area contributed by atoms with Crippen LogP contribution in [-0.4, -0.2) is 19.3 Å². The van der Waals surface area contributed by atoms with Crippen LogP contribution in [0.25, 0.3) is 0 Å². The van der Waals surface area contributed by atoms with Crippen molar-refractivity contribution in [3.05, 3.63) is 35.9 Å². The van der Waals surface area contributed by atoms with E-state index in [-0.39, 0.29) is 0 Å². The number of hydrogen-bond donors (Lipinski definition) is 1. The topological polar surface area (TPSA) is 21.3 Å². The molecule has 1 aromatic rings. The maximum absolute atomic E-state index is 5.42. The molecule has 1 aliphatic heterocycles. The molecule has 2 heteroatoms. The predicted molar refractivity (Wildman–Crippen MR) is 61.7 cm³/mol. The van der Waals surface area contributed by atoms with Crippen LogP contribution in [0.1, 0.15) is 18.9 Å². The van der Waals surface area contributed by atoms with Gasteiger partial charge in [-0.1, -0.05) is 37.3 Å². The maximum Gasteiger partial charge on any atom is 0.0506 e. The van der Waals surface area contributed by atoms with Crippen molar-refractivity contribution in [2.24, 2.45) is 5.92 Å². The normalized spacial score (nSPS) is 26.5. The summed E-state index contributed by atoms with van der Waals surface area (Å²) in [6, 6.07) is 11.2. The Balaban J connectivity index is 1.82. The molecule has 2 atom stereocenters. The summed E-state index contributed by atoms with van der Waals surface area (Å²) in [4.78, 5) is 0. The smallest absolute Gasteiger partial charge is 0.0506 e. The van der Waals surface area contributed by atoms with Crippen molar-refractivity contribution in [2.45, 2.75) is 25.9 Å². The fraction of sp³-hybridized carbons (Fsp3) is 0.538. The van der Waals surface area contributed by atoms with E-state index in [9.17, 15) is 0 Å². The molecule has 1 aromatic carbocycles. The molecule has 0 amide bonds. The Morgan fingerprint density at radius 3 is 2.87 bits per heavy atom. The summed E-state index contributed by atoms with van der Waals surface area (Å²) in [6.07, 6.45) is 1.13. The van der Waals surface area contributed by atoms with Crippen molar-refractivity contribution >= 4 is 0 Å². The summed E-state index contributed by atoms with van der Waals surface area (Å²) < 4.78 is 5.42. The van der Waals surface area contributed by atoms with E-state index in [1.54, 1.807) is 0 Å². The summed E-state index contributed by atoms with van der Waals surface area (Å²) in [5.41, 5.74) is 1.36. The summed E-state index contributed by atoms with van der Waals surface area (Å²) in [5.74, 6) is 0.627. The lowest BCUT2D eigenvalue weighted by molar-refractivity contribution is 0.0386. The fourth-order valence-electron chi connectivity index (χ4n) is 2.03. The van der Waals surface area contributed by atoms with Crippen molar-refractivity contribution in [1.29, 1.82) is 0 Å². The van der Waals surface area contributed by atoms with E-state index < -0.39 is 0 Å². The minimum absolute atomic E-state index is 0.610. The number of hydrogen-bond acceptors (Lipinski definition) is 2. The average Bonchev–Trinajstić information content (AvgIpc) is 2.29. The van der Waals surface area contributed by atoms with Crippen LogP contribution in [0.3, 0.4) is 0 Å². The van der Waals surface area contributed by atoms with Crippen molar-refractivity contribution < 1.29 is 4.74 Å². The van der Waals surface area contributed by atoms with E-state index in [1.165, 1.54) is 5.56 Å². The van der Waals surface area contributed by atoms with Crippen molar-refractivity contribution in [3.8, 4) is 0 Å². The molecule has 1 saturated heterocycles. The molecular weight excluding hydrogens is 186 g/mol. The molecule has 0 spiro atoms. The second-order valence-electron chi connectivity index (χ2n) is 4.31. The third-order valence-corrected chi connectivity index (χ3v) is 3.05. The van der Waals surface area contributed by atoms with Crippen LogP contribution in [0.5, 0.6) is 0 Å². The number of ether oxygens (including phenoxy) is 1. The molecule has 82 valence electrons. The van der Waals surface area contributed by atoms with Crippen LogP contribution in [0.2, 0.25) is 0 Å². The molecule has 0 saturated carbocycles. The third-order valence-electron chi connectivity index (χ3n) is 3.05. The second-order valence-corrected chi connectivity index (χ2v) is 4.31. The molecule has 2 nitrogen and oxygen atoms in total. The lowest BCUT2D eigenvalue weighted by Crippen LogP contribution is -2.40. The van der Waals surface area contributed by atoms with Gasteiger partial charge in [-0.15, -0.1) is 0 Å². The molecule has 0 unspecified atom stereocenters. The summed E-state index contributed by atoms with van der Waals surface area (Å²) in [7, 11) is 0. The highest BCUT2D eigenvalue weighted by Crippen LogP contribution is 2.14. The molecule has 0 aromatic heterocycles. The fourth-order valence-corrected chi connectivity index (χ4v) is 2.03. The van der Waals surface area contributed by atoms with E-state index in [0.29, 0.717) is 12.0 Å². The van der Waals surface area contributed by atoms with Gasteiger partial charge in [0, 0.05) is 19.2 Å². The Hall–Kier alpha value is -0.860. The van der Waals surface area contributed by atoms with Crippen LogP contribution >= 0.6 is 0 Å². The summed E-state index contributed by atoms with van der Waals surface area (Å²) in [5, 5.41) is 3.61. The van der Waals surface area contributed by atoms with Crippen LogP contribution in [0.15, 0.2) is 30.3 Å². The van der Waals surface area contributed by atoms with Crippen LogP contribution in [0.4, 0.5) is 0 Å². The Morgan fingerprint density at radius 2 is 2.13 bits per heavy atom. The van der Waals surface area contributed by atoms with Crippen LogP contribution in [0, 0.1) is 5.92 Å². The molecule has 1 heterocycles. The standard InChI is InChI=1S/C13H19NO/c1-11-10-15-8-7-13(11)14-9-12-5-3-2-4-6-12/h2-6,11,13-14H,7-10H2,1H3/t11-,13+/m0/s1. The van der Waals surface area contributed by atoms with E-state index in [4.69, 9.17) is 4.74 Å². The summed E-state index contributed by atoms with van der Waals surface area (Å²) in [6.45, 7) is 5.01. The predicted octanol–water partition coefficient (Wildman–Crippen LogP) is 2.20. The van der Waals surface area contributed by atoms with E-state index in [0.717, 1.165) is 26.2 Å². The summed E-state index contributed by atoms with van der Waals surface area (Å²) >= 11 is 0. The van der Waals surface area contributed by atoms with Gasteiger partial charge in [-0.25, -0.2) is 0 Å². The maximum atomic E-state index is 5.42. The first-order chi connectivity index (χ1) is 7.36. The quantitative estimate of drug-likeness (QED) is 0.817. The van der Waals surface area contributed by atoms with Gasteiger partial charge in [0.15, 0.2) is 0 Å². The van der Waals surface area contributed by atoms with Gasteiger partial charge in [0.05, 0.1) is 6.61 Å². The van der Waals surface area contributed by atoms with Gasteiger partial charge >= 0.3 is 0 Å². The average molecular weight is 205 g/mol. The first kappa shape index (κ1) is 10.7. The zero-order chi connectivity index (χ0) is 10.5. The Bertz CT molecular complexity index is 286. The Kier molecular flexibility index (Phi) is 3.75. The van der Waals surface area contributed by atoms with E-state index in [1.807, 2.05) is 0 Å². The highest BCUT2D eigenvalue weighted by atomic mass is 16.5. The van der Waals surface area contributed by atoms with Gasteiger partial charge in [0.1, 0.15) is 0 Å². The largest absolute Gasteiger partial charge is 0.381 e. The first-order valence-electron chi connectivity index (χ1n) is 5.71. The minimum Gasteiger partial charge on any atom is -0.381 e. The SMILES string of the molecule is C[C@H]1COCC[C@H]1NCc1ccccc1. The van der Waals surface area contributed by atoms with Gasteiger partial charge in [0.2, 0.25) is 0 Å². The second kappa shape index (κ2) is 5.29. The van der Waals surface area contributed by atoms with E-state index in [2.05, 4.69) is 42.6 Å². The molecule has 0 aliphatic carbocycles. The lowest BCUT2D eigenvalue weighted by atomic mass is 9.97. The van der Waals surface area contributed by atoms with Gasteiger partial charge in [0.25, 0.3) is 0 Å². The molecule has 0 radical (unpaired) electrons. The minimum atomic E-state index is 0.610. The zero-order valence-electron chi connectivity index (χ0n) is 9.28. The molecule has 2 rings (SSSR count). The highest BCUT2D eigenvalue weighted by molar-refractivity contribution is 5.14. The molecule has 0 bridgehead atoms. The lowest BCUT2D eigenvalue weighted by Gasteiger charge is -2.29. The van der Waals surface area contributed by atoms with Gasteiger partial charge in [-0.2, -0.15) is 0 Å². The number of nitrogens with one attached hydrogen (secondary N) is 1. The monoisotopic (exact) mass is 205 g/mol. The zero-order valence-corrected chi connectivity index (χ0v) is 9.28. The first-order valence-corrected chi connectivity index (χ1v) is 5.71. The van der Waals surface area contributed by atoms with Crippen LogP contribution < -0.4 is 5.32 Å². The van der Waals surface area contributed by atoms with Crippen LogP contribution in [-0.2, 0) is 11.3 Å². The van der Waals surface area contributed by atoms with Crippen molar-refractivity contribution in [3.63, 3.8) is 0 Å². The Morgan fingerprint density at radius 1 is 1.33 bits per heavy atom. The van der Waals surface area contributed by atoms with Gasteiger partial charge in [-0.3, -0.25) is 0 Å². The highest BCUT2D eigenvalue weighted by Gasteiger charge is 2.20. The van der Waals surface area contributed by atoms with Crippen molar-refractivity contribution in [2.75, 3.05) is 13.2 Å². The van der Waals surface area contributed by atoms with Gasteiger partial charge in [-0.05, 0) is 17.9 Å². The number of rotatable bonds is 3. The van der Waals surface area contributed by atoms with Gasteiger partial charge < -0.3 is 10.1 Å². The third kappa shape index (κ3) is 3.05. The molecule has 1 N–H and O–H groups in total. The number of benzene rings is 1. The Labute approximate surface area is 91.6 Å². The van der Waals surface area contributed by atoms with E-state index >= 15 is 0 Å². The van der Waals surface area contributed by atoms with Crippen molar-refractivity contribution in [1.82, 2.24) is 5.32 Å². The molecule has 1 aliphatic rings. The molecular formula is C13H19NO. The molecule has 15 heavy (non-hydrogen) atoms.